The van der Waals surface area contributed by atoms with Crippen LogP contribution in [0.15, 0.2) is 36.9 Å². The monoisotopic (exact) mass is 310 g/mol. The summed E-state index contributed by atoms with van der Waals surface area (Å²) in [5, 5.41) is 3.11. The Kier molecular flexibility index (Phi) is 3.92. The summed E-state index contributed by atoms with van der Waals surface area (Å²) in [6.45, 7) is 4.74. The SMILES string of the molecule is CC(C)n1cnc2ccc(CNc3nccnc3C(N)=O)cc21. The van der Waals surface area contributed by atoms with Gasteiger partial charge in [0.2, 0.25) is 0 Å². The van der Waals surface area contributed by atoms with E-state index in [0.29, 0.717) is 18.4 Å². The van der Waals surface area contributed by atoms with E-state index < -0.39 is 5.91 Å². The molecule has 118 valence electrons. The molecule has 0 unspecified atom stereocenters. The number of primary amides is 1. The Morgan fingerprint density at radius 2 is 2.04 bits per heavy atom. The van der Waals surface area contributed by atoms with Crippen molar-refractivity contribution in [3.63, 3.8) is 0 Å². The van der Waals surface area contributed by atoms with Crippen molar-refractivity contribution in [2.45, 2.75) is 26.4 Å². The van der Waals surface area contributed by atoms with E-state index in [0.717, 1.165) is 16.6 Å². The highest BCUT2D eigenvalue weighted by Gasteiger charge is 2.11. The fourth-order valence-electron chi connectivity index (χ4n) is 2.43. The maximum absolute atomic E-state index is 11.4. The number of fused-ring (bicyclic) bond motifs is 1. The van der Waals surface area contributed by atoms with Crippen molar-refractivity contribution < 1.29 is 4.79 Å². The van der Waals surface area contributed by atoms with Crippen LogP contribution in [0.5, 0.6) is 0 Å². The Balaban J connectivity index is 1.85. The minimum absolute atomic E-state index is 0.140. The summed E-state index contributed by atoms with van der Waals surface area (Å²) in [5.41, 5.74) is 8.54. The van der Waals surface area contributed by atoms with E-state index in [2.05, 4.69) is 44.7 Å². The van der Waals surface area contributed by atoms with Gasteiger partial charge in [-0.2, -0.15) is 0 Å². The van der Waals surface area contributed by atoms with E-state index in [1.807, 2.05) is 18.5 Å². The van der Waals surface area contributed by atoms with E-state index >= 15 is 0 Å². The van der Waals surface area contributed by atoms with Gasteiger partial charge >= 0.3 is 0 Å². The van der Waals surface area contributed by atoms with Crippen LogP contribution < -0.4 is 11.1 Å². The van der Waals surface area contributed by atoms with Crippen LogP contribution in [-0.4, -0.2) is 25.4 Å². The second kappa shape index (κ2) is 6.04. The van der Waals surface area contributed by atoms with Crippen molar-refractivity contribution >= 4 is 22.8 Å². The summed E-state index contributed by atoms with van der Waals surface area (Å²) in [7, 11) is 0. The van der Waals surface area contributed by atoms with Gasteiger partial charge in [0, 0.05) is 25.0 Å². The van der Waals surface area contributed by atoms with Gasteiger partial charge in [0.25, 0.3) is 5.91 Å². The van der Waals surface area contributed by atoms with Gasteiger partial charge in [-0.1, -0.05) is 6.07 Å². The number of benzene rings is 1. The van der Waals surface area contributed by atoms with E-state index in [4.69, 9.17) is 5.73 Å². The molecule has 0 aliphatic carbocycles. The van der Waals surface area contributed by atoms with Crippen molar-refractivity contribution in [1.29, 1.82) is 0 Å². The highest BCUT2D eigenvalue weighted by molar-refractivity contribution is 5.95. The zero-order chi connectivity index (χ0) is 16.4. The molecule has 0 radical (unpaired) electrons. The molecule has 0 fully saturated rings. The van der Waals surface area contributed by atoms with Crippen LogP contribution in [0.4, 0.5) is 5.82 Å². The first-order valence-corrected chi connectivity index (χ1v) is 7.36. The molecule has 3 rings (SSSR count). The molecule has 0 atom stereocenters. The zero-order valence-corrected chi connectivity index (χ0v) is 13.0. The second-order valence-corrected chi connectivity index (χ2v) is 5.54. The van der Waals surface area contributed by atoms with Crippen molar-refractivity contribution in [2.24, 2.45) is 5.73 Å². The molecular formula is C16H18N6O. The highest BCUT2D eigenvalue weighted by Crippen LogP contribution is 2.19. The lowest BCUT2D eigenvalue weighted by molar-refractivity contribution is 0.0996. The summed E-state index contributed by atoms with van der Waals surface area (Å²) < 4.78 is 2.12. The van der Waals surface area contributed by atoms with Crippen molar-refractivity contribution in [2.75, 3.05) is 5.32 Å². The van der Waals surface area contributed by atoms with Crippen molar-refractivity contribution in [3.8, 4) is 0 Å². The van der Waals surface area contributed by atoms with Crippen LogP contribution in [0.2, 0.25) is 0 Å². The topological polar surface area (TPSA) is 98.7 Å². The number of hydrogen-bond acceptors (Lipinski definition) is 5. The van der Waals surface area contributed by atoms with E-state index in [9.17, 15) is 4.79 Å². The lowest BCUT2D eigenvalue weighted by Gasteiger charge is -2.10. The number of rotatable bonds is 5. The smallest absolute Gasteiger partial charge is 0.271 e. The molecule has 0 aliphatic heterocycles. The number of carbonyl (C=O) groups excluding carboxylic acids is 1. The van der Waals surface area contributed by atoms with Gasteiger partial charge in [-0.3, -0.25) is 4.79 Å². The third-order valence-corrected chi connectivity index (χ3v) is 3.59. The lowest BCUT2D eigenvalue weighted by atomic mass is 10.2. The number of nitrogens with two attached hydrogens (primary N) is 1. The molecule has 7 heteroatoms. The van der Waals surface area contributed by atoms with Gasteiger partial charge < -0.3 is 15.6 Å². The Bertz CT molecular complexity index is 855. The lowest BCUT2D eigenvalue weighted by Crippen LogP contribution is -2.17. The van der Waals surface area contributed by atoms with Gasteiger partial charge in [-0.05, 0) is 31.5 Å². The average molecular weight is 310 g/mol. The molecule has 2 heterocycles. The minimum atomic E-state index is -0.603. The minimum Gasteiger partial charge on any atom is -0.364 e. The van der Waals surface area contributed by atoms with Gasteiger partial charge in [0.05, 0.1) is 17.4 Å². The van der Waals surface area contributed by atoms with Crippen molar-refractivity contribution in [3.05, 3.63) is 48.2 Å². The van der Waals surface area contributed by atoms with Crippen LogP contribution in [0.3, 0.4) is 0 Å². The maximum Gasteiger partial charge on any atom is 0.271 e. The Morgan fingerprint density at radius 1 is 1.26 bits per heavy atom. The highest BCUT2D eigenvalue weighted by atomic mass is 16.1. The van der Waals surface area contributed by atoms with Gasteiger partial charge in [0.1, 0.15) is 0 Å². The van der Waals surface area contributed by atoms with E-state index in [1.54, 1.807) is 0 Å². The van der Waals surface area contributed by atoms with Crippen molar-refractivity contribution in [1.82, 2.24) is 19.5 Å². The van der Waals surface area contributed by atoms with Crippen LogP contribution in [0, 0.1) is 0 Å². The van der Waals surface area contributed by atoms with Gasteiger partial charge in [-0.15, -0.1) is 0 Å². The van der Waals surface area contributed by atoms with Crippen LogP contribution in [0.25, 0.3) is 11.0 Å². The quantitative estimate of drug-likeness (QED) is 0.752. The Labute approximate surface area is 133 Å². The van der Waals surface area contributed by atoms with Gasteiger partial charge in [0.15, 0.2) is 11.5 Å². The molecule has 0 spiro atoms. The largest absolute Gasteiger partial charge is 0.364 e. The molecule has 1 amide bonds. The van der Waals surface area contributed by atoms with Crippen LogP contribution >= 0.6 is 0 Å². The van der Waals surface area contributed by atoms with E-state index in [1.165, 1.54) is 12.4 Å². The standard InChI is InChI=1S/C16H18N6O/c1-10(2)22-9-21-12-4-3-11(7-13(12)22)8-20-16-14(15(17)23)18-5-6-19-16/h3-7,9-10H,8H2,1-2H3,(H2,17,23)(H,19,20). The summed E-state index contributed by atoms with van der Waals surface area (Å²) in [6.07, 6.45) is 4.81. The molecule has 0 aliphatic rings. The third kappa shape index (κ3) is 2.98. The number of aromatic nitrogens is 4. The summed E-state index contributed by atoms with van der Waals surface area (Å²) in [5.74, 6) is -0.216. The van der Waals surface area contributed by atoms with Crippen LogP contribution in [-0.2, 0) is 6.54 Å². The third-order valence-electron chi connectivity index (χ3n) is 3.59. The summed E-state index contributed by atoms with van der Waals surface area (Å²) in [4.78, 5) is 23.8. The Hall–Kier alpha value is -2.96. The number of nitrogens with zero attached hydrogens (tertiary/aromatic N) is 4. The molecule has 3 aromatic rings. The molecule has 0 saturated carbocycles. The molecule has 23 heavy (non-hydrogen) atoms. The summed E-state index contributed by atoms with van der Waals surface area (Å²) >= 11 is 0. The average Bonchev–Trinajstić information content (AvgIpc) is 2.96. The van der Waals surface area contributed by atoms with Gasteiger partial charge in [-0.25, -0.2) is 15.0 Å². The predicted octanol–water partition coefficient (Wildman–Crippen LogP) is 2.12. The molecule has 0 saturated heterocycles. The normalized spacial score (nSPS) is 11.1. The molecular weight excluding hydrogens is 292 g/mol. The first kappa shape index (κ1) is 15.0. The maximum atomic E-state index is 11.4. The molecule has 2 aromatic heterocycles. The fraction of sp³-hybridized carbons (Fsp3) is 0.250. The number of amides is 1. The van der Waals surface area contributed by atoms with E-state index in [-0.39, 0.29) is 5.69 Å². The molecule has 7 nitrogen and oxygen atoms in total. The molecule has 0 bridgehead atoms. The molecule has 3 N–H and O–H groups in total. The first-order valence-electron chi connectivity index (χ1n) is 7.36. The number of hydrogen-bond donors (Lipinski definition) is 2. The molecule has 1 aromatic carbocycles. The number of imidazole rings is 1. The predicted molar refractivity (Wildman–Crippen MR) is 88.0 cm³/mol. The summed E-state index contributed by atoms with van der Waals surface area (Å²) in [6, 6.07) is 6.39. The number of carbonyl (C=O) groups is 1. The second-order valence-electron chi connectivity index (χ2n) is 5.54. The Morgan fingerprint density at radius 3 is 2.78 bits per heavy atom. The van der Waals surface area contributed by atoms with Crippen LogP contribution in [0.1, 0.15) is 35.9 Å². The zero-order valence-electron chi connectivity index (χ0n) is 13.0. The number of nitrogens with one attached hydrogen (secondary N) is 1. The number of anilines is 1. The first-order chi connectivity index (χ1) is 11.1. The fourth-order valence-corrected chi connectivity index (χ4v) is 2.43.